The minimum atomic E-state index is -0.347. The Labute approximate surface area is 117 Å². The first-order chi connectivity index (χ1) is 9.17. The van der Waals surface area contributed by atoms with E-state index in [1.807, 2.05) is 0 Å². The van der Waals surface area contributed by atoms with Crippen molar-refractivity contribution in [3.05, 3.63) is 0 Å². The van der Waals surface area contributed by atoms with Gasteiger partial charge in [0.05, 0.1) is 12.7 Å². The van der Waals surface area contributed by atoms with Gasteiger partial charge in [-0.3, -0.25) is 4.90 Å². The van der Waals surface area contributed by atoms with Crippen LogP contribution in [0.1, 0.15) is 51.9 Å². The number of nitrogens with two attached hydrogens (primary N) is 1. The molecule has 4 nitrogen and oxygen atoms in total. The van der Waals surface area contributed by atoms with Crippen LogP contribution in [0.4, 0.5) is 0 Å². The fraction of sp³-hybridized carbons (Fsp3) is 1.00. The molecule has 1 aliphatic carbocycles. The van der Waals surface area contributed by atoms with E-state index in [0.29, 0.717) is 12.1 Å². The van der Waals surface area contributed by atoms with Crippen molar-refractivity contribution in [2.75, 3.05) is 26.3 Å². The van der Waals surface area contributed by atoms with Gasteiger partial charge in [-0.25, -0.2) is 0 Å². The molecule has 1 saturated heterocycles. The fourth-order valence-corrected chi connectivity index (χ4v) is 3.54. The third-order valence-corrected chi connectivity index (χ3v) is 4.65. The quantitative estimate of drug-likeness (QED) is 0.795. The molecule has 0 aromatic heterocycles. The van der Waals surface area contributed by atoms with E-state index >= 15 is 0 Å². The minimum Gasteiger partial charge on any atom is -0.394 e. The summed E-state index contributed by atoms with van der Waals surface area (Å²) in [7, 11) is 0. The van der Waals surface area contributed by atoms with Crippen LogP contribution in [0, 0.1) is 0 Å². The van der Waals surface area contributed by atoms with Gasteiger partial charge >= 0.3 is 0 Å². The summed E-state index contributed by atoms with van der Waals surface area (Å²) in [5, 5.41) is 9.47. The van der Waals surface area contributed by atoms with E-state index in [4.69, 9.17) is 10.5 Å². The lowest BCUT2D eigenvalue weighted by Crippen LogP contribution is -2.55. The van der Waals surface area contributed by atoms with Crippen molar-refractivity contribution in [1.29, 1.82) is 0 Å². The van der Waals surface area contributed by atoms with Crippen molar-refractivity contribution in [1.82, 2.24) is 4.90 Å². The normalized spacial score (nSPS) is 37.4. The third-order valence-electron chi connectivity index (χ3n) is 4.65. The molecule has 2 aliphatic rings. The predicted molar refractivity (Wildman–Crippen MR) is 77.1 cm³/mol. The molecule has 19 heavy (non-hydrogen) atoms. The second kappa shape index (κ2) is 7.02. The molecule has 3 atom stereocenters. The Hall–Kier alpha value is -0.160. The van der Waals surface area contributed by atoms with E-state index in [1.165, 1.54) is 19.3 Å². The van der Waals surface area contributed by atoms with Crippen LogP contribution in [-0.4, -0.2) is 54.0 Å². The predicted octanol–water partition coefficient (Wildman–Crippen LogP) is 1.51. The van der Waals surface area contributed by atoms with Crippen LogP contribution in [-0.2, 0) is 4.74 Å². The Kier molecular flexibility index (Phi) is 5.63. The van der Waals surface area contributed by atoms with Gasteiger partial charge in [-0.2, -0.15) is 0 Å². The first-order valence-corrected chi connectivity index (χ1v) is 7.92. The zero-order valence-electron chi connectivity index (χ0n) is 12.3. The average molecular weight is 270 g/mol. The minimum absolute atomic E-state index is 0.118. The van der Waals surface area contributed by atoms with Crippen LogP contribution in [0.2, 0.25) is 0 Å². The summed E-state index contributed by atoms with van der Waals surface area (Å²) in [6.07, 6.45) is 8.16. The zero-order valence-corrected chi connectivity index (χ0v) is 12.3. The van der Waals surface area contributed by atoms with E-state index in [1.54, 1.807) is 0 Å². The Bertz CT molecular complexity index is 275. The molecule has 0 bridgehead atoms. The maximum Gasteiger partial charge on any atom is 0.0702 e. The van der Waals surface area contributed by atoms with Gasteiger partial charge in [0, 0.05) is 24.7 Å². The molecule has 1 aliphatic heterocycles. The van der Waals surface area contributed by atoms with Crippen LogP contribution >= 0.6 is 0 Å². The number of aliphatic hydroxyl groups excluding tert-OH is 1. The molecule has 0 spiro atoms. The van der Waals surface area contributed by atoms with Gasteiger partial charge in [-0.15, -0.1) is 0 Å². The van der Waals surface area contributed by atoms with E-state index in [9.17, 15) is 5.11 Å². The molecule has 0 aromatic rings. The van der Waals surface area contributed by atoms with Gasteiger partial charge in [-0.05, 0) is 51.5 Å². The number of hydrogen-bond acceptors (Lipinski definition) is 4. The maximum absolute atomic E-state index is 9.47. The lowest BCUT2D eigenvalue weighted by molar-refractivity contribution is -0.0247. The van der Waals surface area contributed by atoms with Crippen molar-refractivity contribution in [2.45, 2.75) is 69.6 Å². The van der Waals surface area contributed by atoms with Crippen LogP contribution in [0.25, 0.3) is 0 Å². The Morgan fingerprint density at radius 1 is 1.37 bits per heavy atom. The molecule has 2 rings (SSSR count). The molecule has 2 fully saturated rings. The highest BCUT2D eigenvalue weighted by Crippen LogP contribution is 2.31. The Morgan fingerprint density at radius 2 is 2.21 bits per heavy atom. The summed E-state index contributed by atoms with van der Waals surface area (Å²) in [4.78, 5) is 2.56. The van der Waals surface area contributed by atoms with Crippen molar-refractivity contribution < 1.29 is 9.84 Å². The smallest absolute Gasteiger partial charge is 0.0702 e. The van der Waals surface area contributed by atoms with E-state index in [0.717, 1.165) is 45.4 Å². The van der Waals surface area contributed by atoms with Gasteiger partial charge < -0.3 is 15.6 Å². The molecule has 1 saturated carbocycles. The number of likely N-dealkylation sites (tertiary alicyclic amines) is 1. The standard InChI is InChI=1S/C15H30N2O2/c1-2-9-19-14-6-4-8-17(11-14)13-5-3-7-15(16,10-13)12-18/h13-14,18H,2-12,16H2,1H3. The van der Waals surface area contributed by atoms with E-state index in [-0.39, 0.29) is 12.1 Å². The summed E-state index contributed by atoms with van der Waals surface area (Å²) in [5.41, 5.74) is 5.92. The second-order valence-corrected chi connectivity index (χ2v) is 6.40. The molecular formula is C15H30N2O2. The fourth-order valence-electron chi connectivity index (χ4n) is 3.54. The number of hydrogen-bond donors (Lipinski definition) is 2. The number of ether oxygens (including phenoxy) is 1. The monoisotopic (exact) mass is 270 g/mol. The lowest BCUT2D eigenvalue weighted by Gasteiger charge is -2.44. The molecule has 0 radical (unpaired) electrons. The lowest BCUT2D eigenvalue weighted by atomic mass is 9.79. The molecule has 112 valence electrons. The SMILES string of the molecule is CCCOC1CCCN(C2CCCC(N)(CO)C2)C1. The summed E-state index contributed by atoms with van der Waals surface area (Å²) in [5.74, 6) is 0. The van der Waals surface area contributed by atoms with E-state index in [2.05, 4.69) is 11.8 Å². The number of piperidine rings is 1. The third kappa shape index (κ3) is 4.15. The molecular weight excluding hydrogens is 240 g/mol. The van der Waals surface area contributed by atoms with Gasteiger partial charge in [0.25, 0.3) is 0 Å². The van der Waals surface area contributed by atoms with Crippen molar-refractivity contribution in [2.24, 2.45) is 5.73 Å². The maximum atomic E-state index is 9.47. The molecule has 4 heteroatoms. The molecule has 0 aromatic carbocycles. The van der Waals surface area contributed by atoms with Gasteiger partial charge in [0.2, 0.25) is 0 Å². The van der Waals surface area contributed by atoms with Gasteiger partial charge in [0.15, 0.2) is 0 Å². The molecule has 3 unspecified atom stereocenters. The molecule has 3 N–H and O–H groups in total. The summed E-state index contributed by atoms with van der Waals surface area (Å²) in [6.45, 7) is 5.36. The van der Waals surface area contributed by atoms with Crippen LogP contribution in [0.5, 0.6) is 0 Å². The summed E-state index contributed by atoms with van der Waals surface area (Å²) in [6, 6.07) is 0.541. The highest BCUT2D eigenvalue weighted by molar-refractivity contribution is 4.95. The first-order valence-electron chi connectivity index (χ1n) is 7.92. The topological polar surface area (TPSA) is 58.7 Å². The van der Waals surface area contributed by atoms with Crippen LogP contribution in [0.15, 0.2) is 0 Å². The van der Waals surface area contributed by atoms with Crippen molar-refractivity contribution >= 4 is 0 Å². The molecule has 1 heterocycles. The Morgan fingerprint density at radius 3 is 2.95 bits per heavy atom. The van der Waals surface area contributed by atoms with Gasteiger partial charge in [-0.1, -0.05) is 6.92 Å². The zero-order chi connectivity index (χ0) is 13.7. The highest BCUT2D eigenvalue weighted by atomic mass is 16.5. The summed E-state index contributed by atoms with van der Waals surface area (Å²) < 4.78 is 5.91. The second-order valence-electron chi connectivity index (χ2n) is 6.40. The number of aliphatic hydroxyl groups is 1. The van der Waals surface area contributed by atoms with E-state index < -0.39 is 0 Å². The largest absolute Gasteiger partial charge is 0.394 e. The van der Waals surface area contributed by atoms with Gasteiger partial charge in [0.1, 0.15) is 0 Å². The number of rotatable bonds is 5. The van der Waals surface area contributed by atoms with Crippen LogP contribution < -0.4 is 5.73 Å². The molecule has 0 amide bonds. The average Bonchev–Trinajstić information content (AvgIpc) is 2.45. The van der Waals surface area contributed by atoms with Crippen LogP contribution in [0.3, 0.4) is 0 Å². The highest BCUT2D eigenvalue weighted by Gasteiger charge is 2.36. The van der Waals surface area contributed by atoms with Crippen molar-refractivity contribution in [3.63, 3.8) is 0 Å². The first kappa shape index (κ1) is 15.2. The number of nitrogens with zero attached hydrogens (tertiary/aromatic N) is 1. The summed E-state index contributed by atoms with van der Waals surface area (Å²) >= 11 is 0. The van der Waals surface area contributed by atoms with Crippen molar-refractivity contribution in [3.8, 4) is 0 Å². The Balaban J connectivity index is 1.86.